The van der Waals surface area contributed by atoms with Gasteiger partial charge in [-0.05, 0) is 25.0 Å². The Hall–Kier alpha value is -3.30. The van der Waals surface area contributed by atoms with Crippen molar-refractivity contribution in [3.8, 4) is 5.69 Å². The van der Waals surface area contributed by atoms with Crippen molar-refractivity contribution in [3.05, 3.63) is 46.5 Å². The van der Waals surface area contributed by atoms with Gasteiger partial charge in [0.15, 0.2) is 0 Å². The summed E-state index contributed by atoms with van der Waals surface area (Å²) in [6, 6.07) is 3.90. The molecule has 1 saturated carbocycles. The van der Waals surface area contributed by atoms with E-state index < -0.39 is 22.3 Å². The van der Waals surface area contributed by atoms with Crippen LogP contribution in [0.1, 0.15) is 42.5 Å². The second-order valence-electron chi connectivity index (χ2n) is 6.20. The van der Waals surface area contributed by atoms with Crippen molar-refractivity contribution in [2.45, 2.75) is 37.6 Å². The first-order valence-corrected chi connectivity index (χ1v) is 8.12. The monoisotopic (exact) mass is 359 g/mol. The summed E-state index contributed by atoms with van der Waals surface area (Å²) in [4.78, 5) is 38.7. The zero-order valence-corrected chi connectivity index (χ0v) is 13.8. The molecule has 1 aromatic heterocycles. The van der Waals surface area contributed by atoms with Crippen LogP contribution in [0.15, 0.2) is 30.9 Å². The number of aliphatic carboxylic acids is 1. The van der Waals surface area contributed by atoms with Gasteiger partial charge in [0.1, 0.15) is 23.9 Å². The van der Waals surface area contributed by atoms with Crippen molar-refractivity contribution >= 4 is 17.6 Å². The van der Waals surface area contributed by atoms with Crippen LogP contribution in [0.3, 0.4) is 0 Å². The molecule has 1 aliphatic carbocycles. The topological polar surface area (TPSA) is 140 Å². The van der Waals surface area contributed by atoms with E-state index in [4.69, 9.17) is 0 Å². The number of carbonyl (C=O) groups is 2. The molecule has 1 amide bonds. The van der Waals surface area contributed by atoms with Crippen LogP contribution in [0.25, 0.3) is 5.69 Å². The summed E-state index contributed by atoms with van der Waals surface area (Å²) in [6.45, 7) is 0. The van der Waals surface area contributed by atoms with Gasteiger partial charge >= 0.3 is 5.97 Å². The van der Waals surface area contributed by atoms with Crippen molar-refractivity contribution in [3.63, 3.8) is 0 Å². The van der Waals surface area contributed by atoms with E-state index in [2.05, 4.69) is 15.4 Å². The third kappa shape index (κ3) is 3.25. The second kappa shape index (κ2) is 6.90. The molecule has 10 nitrogen and oxygen atoms in total. The Morgan fingerprint density at radius 1 is 1.27 bits per heavy atom. The zero-order chi connectivity index (χ0) is 18.7. The van der Waals surface area contributed by atoms with E-state index in [0.29, 0.717) is 25.7 Å². The lowest BCUT2D eigenvalue weighted by atomic mass is 9.81. The first-order valence-electron chi connectivity index (χ1n) is 8.12. The number of hydrogen-bond acceptors (Lipinski definition) is 6. The standard InChI is InChI=1S/C16H17N5O5/c22-14(19-16(15(23)24)6-2-1-3-7-16)11-4-5-12(13(8-11)21(25)26)20-10-17-9-18-20/h4-5,8-10H,1-3,6-7H2,(H,19,22)(H,23,24). The zero-order valence-electron chi connectivity index (χ0n) is 13.8. The Labute approximate surface area is 148 Å². The van der Waals surface area contributed by atoms with Gasteiger partial charge < -0.3 is 10.4 Å². The molecule has 1 aliphatic rings. The molecular formula is C16H17N5O5. The van der Waals surface area contributed by atoms with Crippen LogP contribution in [0, 0.1) is 10.1 Å². The molecule has 136 valence electrons. The molecule has 26 heavy (non-hydrogen) atoms. The van der Waals surface area contributed by atoms with Gasteiger partial charge in [-0.2, -0.15) is 5.10 Å². The lowest BCUT2D eigenvalue weighted by molar-refractivity contribution is -0.384. The summed E-state index contributed by atoms with van der Waals surface area (Å²) in [5.41, 5.74) is -1.47. The van der Waals surface area contributed by atoms with Crippen LogP contribution in [0.2, 0.25) is 0 Å². The first-order chi connectivity index (χ1) is 12.4. The predicted molar refractivity (Wildman–Crippen MR) is 88.9 cm³/mol. The third-order valence-electron chi connectivity index (χ3n) is 4.57. The highest BCUT2D eigenvalue weighted by atomic mass is 16.6. The predicted octanol–water partition coefficient (Wildman–Crippen LogP) is 1.69. The molecule has 0 saturated heterocycles. The highest BCUT2D eigenvalue weighted by Crippen LogP contribution is 2.29. The molecule has 0 aliphatic heterocycles. The summed E-state index contributed by atoms with van der Waals surface area (Å²) < 4.78 is 1.22. The molecule has 10 heteroatoms. The molecule has 0 bridgehead atoms. The fraction of sp³-hybridized carbons (Fsp3) is 0.375. The fourth-order valence-electron chi connectivity index (χ4n) is 3.17. The van der Waals surface area contributed by atoms with Crippen LogP contribution >= 0.6 is 0 Å². The maximum Gasteiger partial charge on any atom is 0.329 e. The Kier molecular flexibility index (Phi) is 4.65. The van der Waals surface area contributed by atoms with Crippen LogP contribution in [-0.2, 0) is 4.79 Å². The number of carbonyl (C=O) groups excluding carboxylic acids is 1. The third-order valence-corrected chi connectivity index (χ3v) is 4.57. The van der Waals surface area contributed by atoms with Gasteiger partial charge in [-0.1, -0.05) is 19.3 Å². The minimum Gasteiger partial charge on any atom is -0.480 e. The summed E-state index contributed by atoms with van der Waals surface area (Å²) in [6.07, 6.45) is 5.56. The van der Waals surface area contributed by atoms with E-state index in [0.717, 1.165) is 12.5 Å². The molecule has 0 unspecified atom stereocenters. The fourth-order valence-corrected chi connectivity index (χ4v) is 3.17. The normalized spacial score (nSPS) is 16.0. The second-order valence-corrected chi connectivity index (χ2v) is 6.20. The molecular weight excluding hydrogens is 342 g/mol. The number of hydrogen-bond donors (Lipinski definition) is 2. The number of amides is 1. The lowest BCUT2D eigenvalue weighted by Crippen LogP contribution is -2.55. The number of carboxylic acids is 1. The maximum absolute atomic E-state index is 12.6. The van der Waals surface area contributed by atoms with Crippen LogP contribution < -0.4 is 5.32 Å². The molecule has 1 heterocycles. The van der Waals surface area contributed by atoms with E-state index in [-0.39, 0.29) is 16.9 Å². The largest absolute Gasteiger partial charge is 0.480 e. The first kappa shape index (κ1) is 17.5. The van der Waals surface area contributed by atoms with Crippen LogP contribution in [0.5, 0.6) is 0 Å². The highest BCUT2D eigenvalue weighted by Gasteiger charge is 2.41. The molecule has 2 aromatic rings. The Morgan fingerprint density at radius 3 is 2.58 bits per heavy atom. The number of benzene rings is 1. The van der Waals surface area contributed by atoms with Gasteiger partial charge in [0, 0.05) is 11.6 Å². The molecule has 1 aromatic carbocycles. The Morgan fingerprint density at radius 2 is 2.00 bits per heavy atom. The van der Waals surface area contributed by atoms with E-state index >= 15 is 0 Å². The van der Waals surface area contributed by atoms with Gasteiger partial charge in [-0.25, -0.2) is 14.5 Å². The lowest BCUT2D eigenvalue weighted by Gasteiger charge is -2.33. The van der Waals surface area contributed by atoms with Crippen molar-refractivity contribution in [2.75, 3.05) is 0 Å². The van der Waals surface area contributed by atoms with Crippen LogP contribution in [-0.4, -0.2) is 42.2 Å². The number of rotatable bonds is 5. The van der Waals surface area contributed by atoms with Crippen molar-refractivity contribution in [2.24, 2.45) is 0 Å². The summed E-state index contributed by atoms with van der Waals surface area (Å²) >= 11 is 0. The Bertz CT molecular complexity index is 843. The summed E-state index contributed by atoms with van der Waals surface area (Å²) in [5, 5.41) is 27.4. The number of nitro benzene ring substituents is 1. The van der Waals surface area contributed by atoms with E-state index in [1.165, 1.54) is 29.5 Å². The van der Waals surface area contributed by atoms with Gasteiger partial charge in [0.2, 0.25) is 0 Å². The maximum atomic E-state index is 12.6. The Balaban J connectivity index is 1.91. The quantitative estimate of drug-likeness (QED) is 0.611. The molecule has 1 fully saturated rings. The van der Waals surface area contributed by atoms with E-state index in [1.807, 2.05) is 0 Å². The average Bonchev–Trinajstić information content (AvgIpc) is 3.16. The number of aromatic nitrogens is 3. The van der Waals surface area contributed by atoms with Crippen LogP contribution in [0.4, 0.5) is 5.69 Å². The molecule has 0 spiro atoms. The van der Waals surface area contributed by atoms with Crippen molar-refractivity contribution < 1.29 is 19.6 Å². The van der Waals surface area contributed by atoms with Gasteiger partial charge in [-0.15, -0.1) is 0 Å². The number of carboxylic acid groups (broad SMARTS) is 1. The molecule has 3 rings (SSSR count). The van der Waals surface area contributed by atoms with E-state index in [9.17, 15) is 24.8 Å². The van der Waals surface area contributed by atoms with Gasteiger partial charge in [0.25, 0.3) is 11.6 Å². The average molecular weight is 359 g/mol. The summed E-state index contributed by atoms with van der Waals surface area (Å²) in [5.74, 6) is -1.73. The minimum absolute atomic E-state index is 0.0202. The number of nitrogens with one attached hydrogen (secondary N) is 1. The van der Waals surface area contributed by atoms with Crippen molar-refractivity contribution in [1.82, 2.24) is 20.1 Å². The highest BCUT2D eigenvalue weighted by molar-refractivity contribution is 5.98. The number of nitro groups is 1. The molecule has 0 atom stereocenters. The van der Waals surface area contributed by atoms with Crippen molar-refractivity contribution in [1.29, 1.82) is 0 Å². The SMILES string of the molecule is O=C(NC1(C(=O)O)CCCCC1)c1ccc(-n2cncn2)c([N+](=O)[O-])c1. The van der Waals surface area contributed by atoms with Gasteiger partial charge in [-0.3, -0.25) is 14.9 Å². The molecule has 2 N–H and O–H groups in total. The summed E-state index contributed by atoms with van der Waals surface area (Å²) in [7, 11) is 0. The smallest absolute Gasteiger partial charge is 0.329 e. The van der Waals surface area contributed by atoms with E-state index in [1.54, 1.807) is 0 Å². The van der Waals surface area contributed by atoms with Gasteiger partial charge in [0.05, 0.1) is 4.92 Å². The minimum atomic E-state index is -1.32. The molecule has 0 radical (unpaired) electrons. The number of nitrogens with zero attached hydrogens (tertiary/aromatic N) is 4.